The smallest absolute Gasteiger partial charge is 0.0198 e. The molecule has 2 nitrogen and oxygen atoms in total. The van der Waals surface area contributed by atoms with E-state index in [1.807, 2.05) is 0 Å². The predicted octanol–water partition coefficient (Wildman–Crippen LogP) is 2.69. The van der Waals surface area contributed by atoms with Gasteiger partial charge in [0.05, 0.1) is 0 Å². The molecule has 98 valence electrons. The van der Waals surface area contributed by atoms with Crippen LogP contribution in [0.5, 0.6) is 0 Å². The summed E-state index contributed by atoms with van der Waals surface area (Å²) in [5.41, 5.74) is 0.630. The maximum atomic E-state index is 3.85. The number of hydrogen-bond donors (Lipinski definition) is 2. The van der Waals surface area contributed by atoms with Crippen molar-refractivity contribution in [2.75, 3.05) is 13.1 Å². The fraction of sp³-hybridized carbons (Fsp3) is 1.00. The molecule has 2 N–H and O–H groups in total. The monoisotopic (exact) mass is 236 g/mol. The van der Waals surface area contributed by atoms with Gasteiger partial charge in [-0.2, -0.15) is 0 Å². The van der Waals surface area contributed by atoms with Gasteiger partial charge in [-0.05, 0) is 43.4 Å². The minimum atomic E-state index is 0.630. The van der Waals surface area contributed by atoms with E-state index in [4.69, 9.17) is 0 Å². The first kappa shape index (κ1) is 12.0. The third kappa shape index (κ3) is 2.68. The van der Waals surface area contributed by atoms with E-state index in [1.54, 1.807) is 0 Å². The van der Waals surface area contributed by atoms with Gasteiger partial charge < -0.3 is 10.6 Å². The number of rotatable bonds is 4. The summed E-state index contributed by atoms with van der Waals surface area (Å²) in [4.78, 5) is 0. The summed E-state index contributed by atoms with van der Waals surface area (Å²) < 4.78 is 0. The van der Waals surface area contributed by atoms with Crippen LogP contribution in [-0.4, -0.2) is 25.2 Å². The van der Waals surface area contributed by atoms with Gasteiger partial charge in [0.2, 0.25) is 0 Å². The molecule has 0 amide bonds. The molecule has 3 atom stereocenters. The van der Waals surface area contributed by atoms with E-state index >= 15 is 0 Å². The normalized spacial score (nSPS) is 39.7. The van der Waals surface area contributed by atoms with Gasteiger partial charge in [-0.25, -0.2) is 0 Å². The Morgan fingerprint density at radius 2 is 2.00 bits per heavy atom. The van der Waals surface area contributed by atoms with E-state index in [0.717, 1.165) is 18.0 Å². The fourth-order valence-corrected chi connectivity index (χ4v) is 4.09. The van der Waals surface area contributed by atoms with Crippen molar-refractivity contribution in [1.82, 2.24) is 10.6 Å². The van der Waals surface area contributed by atoms with Crippen LogP contribution in [0.15, 0.2) is 0 Å². The second-order valence-electron chi connectivity index (χ2n) is 7.05. The first-order chi connectivity index (χ1) is 8.25. The lowest BCUT2D eigenvalue weighted by atomic mass is 9.70. The number of fused-ring (bicyclic) bond motifs is 1. The van der Waals surface area contributed by atoms with Crippen molar-refractivity contribution in [3.8, 4) is 0 Å². The Hall–Kier alpha value is -0.0800. The molecule has 0 aromatic carbocycles. The van der Waals surface area contributed by atoms with Crippen molar-refractivity contribution in [1.29, 1.82) is 0 Å². The highest BCUT2D eigenvalue weighted by Gasteiger charge is 2.35. The molecular weight excluding hydrogens is 208 g/mol. The summed E-state index contributed by atoms with van der Waals surface area (Å²) in [6.07, 6.45) is 11.6. The molecule has 2 saturated carbocycles. The topological polar surface area (TPSA) is 24.1 Å². The fourth-order valence-electron chi connectivity index (χ4n) is 4.09. The first-order valence-corrected chi connectivity index (χ1v) is 7.72. The van der Waals surface area contributed by atoms with Crippen molar-refractivity contribution in [3.05, 3.63) is 0 Å². The molecule has 0 aromatic heterocycles. The summed E-state index contributed by atoms with van der Waals surface area (Å²) in [7, 11) is 0. The van der Waals surface area contributed by atoms with E-state index < -0.39 is 0 Å². The Balaban J connectivity index is 1.38. The average Bonchev–Trinajstić information content (AvgIpc) is 2.69. The van der Waals surface area contributed by atoms with E-state index in [2.05, 4.69) is 17.6 Å². The van der Waals surface area contributed by atoms with Crippen molar-refractivity contribution >= 4 is 0 Å². The molecule has 0 spiro atoms. The molecule has 1 saturated heterocycles. The minimum Gasteiger partial charge on any atom is -0.315 e. The van der Waals surface area contributed by atoms with Crippen LogP contribution >= 0.6 is 0 Å². The highest BCUT2D eigenvalue weighted by Crippen LogP contribution is 2.39. The van der Waals surface area contributed by atoms with Crippen LogP contribution in [0.1, 0.15) is 58.3 Å². The molecule has 3 unspecified atom stereocenters. The van der Waals surface area contributed by atoms with Gasteiger partial charge in [-0.1, -0.05) is 26.2 Å². The maximum absolute atomic E-state index is 3.85. The molecule has 3 aliphatic rings. The van der Waals surface area contributed by atoms with Crippen LogP contribution in [0.25, 0.3) is 0 Å². The highest BCUT2D eigenvalue weighted by molar-refractivity contribution is 4.94. The molecule has 3 fully saturated rings. The lowest BCUT2D eigenvalue weighted by molar-refractivity contribution is 0.156. The molecule has 0 aromatic rings. The summed E-state index contributed by atoms with van der Waals surface area (Å²) >= 11 is 0. The zero-order valence-corrected chi connectivity index (χ0v) is 11.3. The molecular formula is C15H28N2. The molecule has 0 radical (unpaired) electrons. The van der Waals surface area contributed by atoms with Gasteiger partial charge in [0.15, 0.2) is 0 Å². The molecule has 1 heterocycles. The van der Waals surface area contributed by atoms with Crippen LogP contribution in [-0.2, 0) is 0 Å². The average molecular weight is 236 g/mol. The quantitative estimate of drug-likeness (QED) is 0.784. The predicted molar refractivity (Wildman–Crippen MR) is 72.1 cm³/mol. The Bertz CT molecular complexity index is 246. The maximum Gasteiger partial charge on any atom is 0.0198 e. The number of hydrogen-bond acceptors (Lipinski definition) is 2. The Morgan fingerprint density at radius 3 is 2.71 bits per heavy atom. The third-order valence-electron chi connectivity index (χ3n) is 5.45. The standard InChI is InChI=1S/C15H28N2/c1-15(7-4-8-15)11-16-10-13-9-12-5-2-3-6-14(12)17-13/h12-14,16-17H,2-11H2,1H3. The number of nitrogens with one attached hydrogen (secondary N) is 2. The Morgan fingerprint density at radius 1 is 1.18 bits per heavy atom. The molecule has 2 aliphatic carbocycles. The van der Waals surface area contributed by atoms with E-state index in [1.165, 1.54) is 64.5 Å². The highest BCUT2D eigenvalue weighted by atomic mass is 15.0. The summed E-state index contributed by atoms with van der Waals surface area (Å²) in [5, 5.41) is 7.57. The van der Waals surface area contributed by atoms with Crippen LogP contribution < -0.4 is 10.6 Å². The van der Waals surface area contributed by atoms with Crippen molar-refractivity contribution in [2.24, 2.45) is 11.3 Å². The van der Waals surface area contributed by atoms with Crippen molar-refractivity contribution < 1.29 is 0 Å². The van der Waals surface area contributed by atoms with Crippen LogP contribution in [0.2, 0.25) is 0 Å². The summed E-state index contributed by atoms with van der Waals surface area (Å²) in [6.45, 7) is 4.87. The second-order valence-corrected chi connectivity index (χ2v) is 7.05. The zero-order chi connectivity index (χ0) is 11.7. The van der Waals surface area contributed by atoms with Gasteiger partial charge in [-0.15, -0.1) is 0 Å². The molecule has 1 aliphatic heterocycles. The summed E-state index contributed by atoms with van der Waals surface area (Å²) in [5.74, 6) is 0.995. The second kappa shape index (κ2) is 4.89. The van der Waals surface area contributed by atoms with Crippen molar-refractivity contribution in [2.45, 2.75) is 70.4 Å². The van der Waals surface area contributed by atoms with E-state index in [9.17, 15) is 0 Å². The largest absolute Gasteiger partial charge is 0.315 e. The van der Waals surface area contributed by atoms with Crippen LogP contribution in [0.4, 0.5) is 0 Å². The first-order valence-electron chi connectivity index (χ1n) is 7.72. The minimum absolute atomic E-state index is 0.630. The Labute approximate surface area is 106 Å². The molecule has 2 heteroatoms. The van der Waals surface area contributed by atoms with E-state index in [-0.39, 0.29) is 0 Å². The Kier molecular flexibility index (Phi) is 3.45. The van der Waals surface area contributed by atoms with Gasteiger partial charge in [0.25, 0.3) is 0 Å². The third-order valence-corrected chi connectivity index (χ3v) is 5.45. The zero-order valence-electron chi connectivity index (χ0n) is 11.3. The van der Waals surface area contributed by atoms with Gasteiger partial charge in [-0.3, -0.25) is 0 Å². The van der Waals surface area contributed by atoms with Crippen LogP contribution in [0, 0.1) is 11.3 Å². The molecule has 0 bridgehead atoms. The van der Waals surface area contributed by atoms with Gasteiger partial charge in [0.1, 0.15) is 0 Å². The molecule has 17 heavy (non-hydrogen) atoms. The SMILES string of the molecule is CC1(CNCC2CC3CCCCC3N2)CCC1. The van der Waals surface area contributed by atoms with Crippen molar-refractivity contribution in [3.63, 3.8) is 0 Å². The van der Waals surface area contributed by atoms with Gasteiger partial charge >= 0.3 is 0 Å². The lowest BCUT2D eigenvalue weighted by Gasteiger charge is -2.38. The summed E-state index contributed by atoms with van der Waals surface area (Å²) in [6, 6.07) is 1.61. The molecule has 3 rings (SSSR count). The van der Waals surface area contributed by atoms with Gasteiger partial charge in [0, 0.05) is 25.2 Å². The lowest BCUT2D eigenvalue weighted by Crippen LogP contribution is -2.43. The van der Waals surface area contributed by atoms with E-state index in [0.29, 0.717) is 5.41 Å². The van der Waals surface area contributed by atoms with Crippen LogP contribution in [0.3, 0.4) is 0 Å².